The van der Waals surface area contributed by atoms with Crippen molar-refractivity contribution in [1.82, 2.24) is 4.57 Å². The molecule has 2 aromatic rings. The number of hydrogen-bond acceptors (Lipinski definition) is 1. The molecule has 0 aliphatic heterocycles. The fourth-order valence-corrected chi connectivity index (χ4v) is 3.54. The normalized spacial score (nSPS) is 12.6. The van der Waals surface area contributed by atoms with E-state index in [4.69, 9.17) is 5.73 Å². The summed E-state index contributed by atoms with van der Waals surface area (Å²) in [5, 5.41) is 0. The zero-order valence-corrected chi connectivity index (χ0v) is 16.5. The Morgan fingerprint density at radius 1 is 1.12 bits per heavy atom. The average molecular weight is 341 g/mol. The van der Waals surface area contributed by atoms with Crippen LogP contribution in [0.4, 0.5) is 0 Å². The highest BCUT2D eigenvalue weighted by Gasteiger charge is 2.27. The zero-order chi connectivity index (χ0) is 18.7. The number of aryl methyl sites for hydroxylation is 1. The summed E-state index contributed by atoms with van der Waals surface area (Å²) in [6.45, 7) is 13.0. The third-order valence-electron chi connectivity index (χ3n) is 5.28. The molecule has 1 heterocycles. The first-order chi connectivity index (χ1) is 11.8. The molecule has 3 heteroatoms. The molecule has 1 atom stereocenters. The predicted octanol–water partition coefficient (Wildman–Crippen LogP) is 5.43. The van der Waals surface area contributed by atoms with E-state index in [0.717, 1.165) is 36.1 Å². The van der Waals surface area contributed by atoms with E-state index in [1.165, 1.54) is 11.3 Å². The van der Waals surface area contributed by atoms with Crippen LogP contribution in [0.15, 0.2) is 24.3 Å². The van der Waals surface area contributed by atoms with Gasteiger partial charge in [0.05, 0.1) is 5.56 Å². The third kappa shape index (κ3) is 3.81. The molecule has 1 unspecified atom stereocenters. The molecule has 3 nitrogen and oxygen atoms in total. The number of nitrogens with two attached hydrogens (primary N) is 1. The van der Waals surface area contributed by atoms with Gasteiger partial charge in [-0.25, -0.2) is 0 Å². The van der Waals surface area contributed by atoms with Gasteiger partial charge in [0.2, 0.25) is 0 Å². The first-order valence-electron chi connectivity index (χ1n) is 9.40. The highest BCUT2D eigenvalue weighted by Crippen LogP contribution is 2.37. The van der Waals surface area contributed by atoms with Gasteiger partial charge in [-0.2, -0.15) is 0 Å². The summed E-state index contributed by atoms with van der Waals surface area (Å²) in [7, 11) is 0. The lowest BCUT2D eigenvalue weighted by Gasteiger charge is -2.23. The van der Waals surface area contributed by atoms with E-state index in [9.17, 15) is 4.79 Å². The van der Waals surface area contributed by atoms with Crippen molar-refractivity contribution in [3.05, 3.63) is 46.8 Å². The largest absolute Gasteiger partial charge is 0.366 e. The summed E-state index contributed by atoms with van der Waals surface area (Å²) >= 11 is 0. The number of aromatic nitrogens is 1. The number of carbonyl (C=O) groups excluding carboxylic acids is 1. The van der Waals surface area contributed by atoms with Crippen LogP contribution in [-0.4, -0.2) is 10.5 Å². The minimum atomic E-state index is -0.333. The van der Waals surface area contributed by atoms with E-state index in [2.05, 4.69) is 63.5 Å². The maximum atomic E-state index is 12.3. The lowest BCUT2D eigenvalue weighted by molar-refractivity contribution is 0.1000. The Bertz CT molecular complexity index is 738. The molecule has 25 heavy (non-hydrogen) atoms. The summed E-state index contributed by atoms with van der Waals surface area (Å²) in [5.41, 5.74) is 12.1. The highest BCUT2D eigenvalue weighted by molar-refractivity contribution is 6.02. The molecule has 0 fully saturated rings. The first-order valence-corrected chi connectivity index (χ1v) is 9.40. The predicted molar refractivity (Wildman–Crippen MR) is 106 cm³/mol. The van der Waals surface area contributed by atoms with Gasteiger partial charge in [0.1, 0.15) is 0 Å². The molecule has 0 saturated carbocycles. The Labute approximate surface area is 152 Å². The van der Waals surface area contributed by atoms with Gasteiger partial charge in [-0.15, -0.1) is 0 Å². The van der Waals surface area contributed by atoms with Gasteiger partial charge in [0, 0.05) is 23.0 Å². The molecular weight excluding hydrogens is 308 g/mol. The fourth-order valence-electron chi connectivity index (χ4n) is 3.54. The van der Waals surface area contributed by atoms with Gasteiger partial charge in [0.25, 0.3) is 5.91 Å². The van der Waals surface area contributed by atoms with Crippen molar-refractivity contribution in [2.75, 3.05) is 0 Å². The molecule has 0 bridgehead atoms. The second kappa shape index (κ2) is 7.90. The van der Waals surface area contributed by atoms with Crippen LogP contribution in [0.5, 0.6) is 0 Å². The summed E-state index contributed by atoms with van der Waals surface area (Å²) in [6.07, 6.45) is 3.19. The Kier molecular flexibility index (Phi) is 6.10. The van der Waals surface area contributed by atoms with Crippen LogP contribution in [0, 0.1) is 19.8 Å². The van der Waals surface area contributed by atoms with Crippen molar-refractivity contribution in [3.63, 3.8) is 0 Å². The van der Waals surface area contributed by atoms with Crippen molar-refractivity contribution < 1.29 is 4.79 Å². The van der Waals surface area contributed by atoms with E-state index in [-0.39, 0.29) is 5.91 Å². The average Bonchev–Trinajstić information content (AvgIpc) is 2.85. The number of benzene rings is 1. The first kappa shape index (κ1) is 19.3. The smallest absolute Gasteiger partial charge is 0.251 e. The number of hydrogen-bond donors (Lipinski definition) is 1. The second-order valence-corrected chi connectivity index (χ2v) is 7.47. The highest BCUT2D eigenvalue weighted by atomic mass is 16.1. The number of amides is 1. The number of carbonyl (C=O) groups is 1. The van der Waals surface area contributed by atoms with Crippen LogP contribution in [-0.2, 0) is 6.42 Å². The molecule has 2 rings (SSSR count). The number of primary amides is 1. The van der Waals surface area contributed by atoms with Crippen molar-refractivity contribution in [2.45, 2.75) is 66.8 Å². The third-order valence-corrected chi connectivity index (χ3v) is 5.28. The van der Waals surface area contributed by atoms with Gasteiger partial charge in [-0.1, -0.05) is 57.0 Å². The summed E-state index contributed by atoms with van der Waals surface area (Å²) in [5.74, 6) is 0.151. The van der Waals surface area contributed by atoms with Gasteiger partial charge in [-0.05, 0) is 45.1 Å². The lowest BCUT2D eigenvalue weighted by atomic mass is 9.96. The molecule has 2 N–H and O–H groups in total. The van der Waals surface area contributed by atoms with Crippen LogP contribution in [0.25, 0.3) is 11.1 Å². The van der Waals surface area contributed by atoms with Crippen LogP contribution in [0.1, 0.15) is 73.9 Å². The molecule has 1 aromatic carbocycles. The Balaban J connectivity index is 2.79. The topological polar surface area (TPSA) is 48.0 Å². The number of rotatable bonds is 7. The molecule has 1 aromatic heterocycles. The zero-order valence-electron chi connectivity index (χ0n) is 16.5. The molecule has 0 radical (unpaired) electrons. The van der Waals surface area contributed by atoms with Crippen molar-refractivity contribution in [2.24, 2.45) is 11.7 Å². The number of nitrogens with zero attached hydrogens (tertiary/aromatic N) is 1. The van der Waals surface area contributed by atoms with E-state index < -0.39 is 0 Å². The van der Waals surface area contributed by atoms with E-state index in [1.54, 1.807) is 0 Å². The maximum Gasteiger partial charge on any atom is 0.251 e. The van der Waals surface area contributed by atoms with Gasteiger partial charge in [0.15, 0.2) is 0 Å². The maximum absolute atomic E-state index is 12.3. The second-order valence-electron chi connectivity index (χ2n) is 7.47. The standard InChI is InChI=1S/C22H32N2O/c1-7-8-9-19-21(18-12-10-15(4)11-13-18)20(22(23)25)17(6)24(19)16(5)14(2)3/h10-14,16H,7-9H2,1-6H3,(H2,23,25). The Hall–Kier alpha value is -2.03. The van der Waals surface area contributed by atoms with E-state index >= 15 is 0 Å². The Morgan fingerprint density at radius 2 is 1.72 bits per heavy atom. The fraction of sp³-hybridized carbons (Fsp3) is 0.500. The molecule has 1 amide bonds. The molecule has 0 spiro atoms. The van der Waals surface area contributed by atoms with Gasteiger partial charge in [-0.3, -0.25) is 4.79 Å². The van der Waals surface area contributed by atoms with Crippen LogP contribution >= 0.6 is 0 Å². The van der Waals surface area contributed by atoms with Crippen LogP contribution in [0.2, 0.25) is 0 Å². The summed E-state index contributed by atoms with van der Waals surface area (Å²) in [4.78, 5) is 12.3. The van der Waals surface area contributed by atoms with Crippen molar-refractivity contribution >= 4 is 5.91 Å². The summed E-state index contributed by atoms with van der Waals surface area (Å²) < 4.78 is 2.36. The quantitative estimate of drug-likeness (QED) is 0.717. The van der Waals surface area contributed by atoms with Gasteiger partial charge >= 0.3 is 0 Å². The van der Waals surface area contributed by atoms with E-state index in [0.29, 0.717) is 17.5 Å². The molecule has 0 aliphatic carbocycles. The van der Waals surface area contributed by atoms with Crippen molar-refractivity contribution in [3.8, 4) is 11.1 Å². The number of unbranched alkanes of at least 4 members (excludes halogenated alkanes) is 1. The summed E-state index contributed by atoms with van der Waals surface area (Å²) in [6, 6.07) is 8.74. The van der Waals surface area contributed by atoms with Crippen molar-refractivity contribution in [1.29, 1.82) is 0 Å². The SMILES string of the molecule is CCCCc1c(-c2ccc(C)cc2)c(C(N)=O)c(C)n1C(C)C(C)C. The minimum Gasteiger partial charge on any atom is -0.366 e. The minimum absolute atomic E-state index is 0.323. The monoisotopic (exact) mass is 340 g/mol. The van der Waals surface area contributed by atoms with E-state index in [1.807, 2.05) is 6.92 Å². The molecule has 136 valence electrons. The van der Waals surface area contributed by atoms with Crippen LogP contribution in [0.3, 0.4) is 0 Å². The molecule has 0 aliphatic rings. The van der Waals surface area contributed by atoms with Crippen LogP contribution < -0.4 is 5.73 Å². The molecule has 0 saturated heterocycles. The molecular formula is C22H32N2O. The lowest BCUT2D eigenvalue weighted by Crippen LogP contribution is -2.17. The van der Waals surface area contributed by atoms with Gasteiger partial charge < -0.3 is 10.3 Å². The Morgan fingerprint density at radius 3 is 2.20 bits per heavy atom.